The summed E-state index contributed by atoms with van der Waals surface area (Å²) in [5, 5.41) is 2.50. The maximum Gasteiger partial charge on any atom is 0.0522 e. The fourth-order valence-electron chi connectivity index (χ4n) is 4.49. The number of hydrogen-bond acceptors (Lipinski definition) is 1. The Hall–Kier alpha value is -3.84. The van der Waals surface area contributed by atoms with Crippen LogP contribution in [0.1, 0.15) is 18.1 Å². The minimum Gasteiger partial charge on any atom is -0.310 e. The van der Waals surface area contributed by atoms with Gasteiger partial charge in [0.15, 0.2) is 0 Å². The zero-order chi connectivity index (χ0) is 21.9. The Bertz CT molecular complexity index is 1350. The number of rotatable bonds is 5. The van der Waals surface area contributed by atoms with Crippen LogP contribution in [0, 0.1) is 6.92 Å². The Morgan fingerprint density at radius 2 is 1.25 bits per heavy atom. The Balaban J connectivity index is 1.66. The van der Waals surface area contributed by atoms with Crippen LogP contribution in [0.25, 0.3) is 21.9 Å². The first-order chi connectivity index (χ1) is 15.7. The highest BCUT2D eigenvalue weighted by atomic mass is 15.1. The summed E-state index contributed by atoms with van der Waals surface area (Å²) in [4.78, 5) is 2.40. The average Bonchev–Trinajstić information content (AvgIpc) is 2.86. The standard InChI is InChI=1S/C31H27N/c1-3-24-14-10-11-23(2)31(24)32(29-15-8-5-9-16-29)30-20-19-27-21-26(17-18-28(27)22-30)25-12-6-4-7-13-25/h4-22H,3H2,1-2H3. The molecule has 5 aromatic carbocycles. The molecule has 0 unspecified atom stereocenters. The van der Waals surface area contributed by atoms with Crippen molar-refractivity contribution in [2.75, 3.05) is 4.90 Å². The van der Waals surface area contributed by atoms with Crippen molar-refractivity contribution in [1.29, 1.82) is 0 Å². The third-order valence-electron chi connectivity index (χ3n) is 6.13. The quantitative estimate of drug-likeness (QED) is 0.278. The number of benzene rings is 5. The molecule has 0 amide bonds. The van der Waals surface area contributed by atoms with Gasteiger partial charge in [-0.2, -0.15) is 0 Å². The Morgan fingerprint density at radius 3 is 2.00 bits per heavy atom. The van der Waals surface area contributed by atoms with Gasteiger partial charge in [-0.25, -0.2) is 0 Å². The predicted octanol–water partition coefficient (Wildman–Crippen LogP) is 8.85. The zero-order valence-electron chi connectivity index (χ0n) is 18.6. The lowest BCUT2D eigenvalue weighted by molar-refractivity contribution is 1.10. The molecule has 32 heavy (non-hydrogen) atoms. The SMILES string of the molecule is CCc1cccc(C)c1N(c1ccccc1)c1ccc2cc(-c3ccccc3)ccc2c1. The van der Waals surface area contributed by atoms with E-state index < -0.39 is 0 Å². The van der Waals surface area contributed by atoms with E-state index in [0.29, 0.717) is 0 Å². The smallest absolute Gasteiger partial charge is 0.0522 e. The molecule has 0 heterocycles. The first-order valence-corrected chi connectivity index (χ1v) is 11.3. The summed E-state index contributed by atoms with van der Waals surface area (Å²) >= 11 is 0. The van der Waals surface area contributed by atoms with Gasteiger partial charge in [-0.05, 0) is 76.7 Å². The maximum absolute atomic E-state index is 2.40. The van der Waals surface area contributed by atoms with Crippen LogP contribution in [0.3, 0.4) is 0 Å². The molecule has 0 saturated carbocycles. The van der Waals surface area contributed by atoms with Gasteiger partial charge in [-0.15, -0.1) is 0 Å². The first kappa shape index (κ1) is 20.1. The molecule has 5 rings (SSSR count). The molecule has 1 nitrogen and oxygen atoms in total. The van der Waals surface area contributed by atoms with Gasteiger partial charge in [0.05, 0.1) is 5.69 Å². The van der Waals surface area contributed by atoms with Crippen LogP contribution < -0.4 is 4.90 Å². The van der Waals surface area contributed by atoms with E-state index >= 15 is 0 Å². The monoisotopic (exact) mass is 413 g/mol. The van der Waals surface area contributed by atoms with Gasteiger partial charge >= 0.3 is 0 Å². The Morgan fingerprint density at radius 1 is 0.562 bits per heavy atom. The number of fused-ring (bicyclic) bond motifs is 1. The van der Waals surface area contributed by atoms with Gasteiger partial charge in [0.25, 0.3) is 0 Å². The van der Waals surface area contributed by atoms with E-state index in [9.17, 15) is 0 Å². The lowest BCUT2D eigenvalue weighted by Gasteiger charge is -2.29. The molecule has 1 heteroatoms. The van der Waals surface area contributed by atoms with Crippen molar-refractivity contribution in [1.82, 2.24) is 0 Å². The van der Waals surface area contributed by atoms with E-state index in [4.69, 9.17) is 0 Å². The van der Waals surface area contributed by atoms with Crippen molar-refractivity contribution < 1.29 is 0 Å². The Kier molecular flexibility index (Phi) is 5.47. The fraction of sp³-hybridized carbons (Fsp3) is 0.0968. The number of para-hydroxylation sites is 2. The lowest BCUT2D eigenvalue weighted by atomic mass is 9.99. The zero-order valence-corrected chi connectivity index (χ0v) is 18.6. The van der Waals surface area contributed by atoms with E-state index in [2.05, 4.69) is 134 Å². The highest BCUT2D eigenvalue weighted by Crippen LogP contribution is 2.40. The minimum atomic E-state index is 0.994. The third-order valence-corrected chi connectivity index (χ3v) is 6.13. The predicted molar refractivity (Wildman–Crippen MR) is 138 cm³/mol. The van der Waals surface area contributed by atoms with E-state index in [1.54, 1.807) is 0 Å². The molecule has 0 aliphatic carbocycles. The molecule has 0 radical (unpaired) electrons. The van der Waals surface area contributed by atoms with Crippen LogP contribution in [0.15, 0.2) is 115 Å². The summed E-state index contributed by atoms with van der Waals surface area (Å²) in [7, 11) is 0. The summed E-state index contributed by atoms with van der Waals surface area (Å²) in [6.07, 6.45) is 0.994. The van der Waals surface area contributed by atoms with Crippen LogP contribution >= 0.6 is 0 Å². The molecule has 0 atom stereocenters. The number of hydrogen-bond donors (Lipinski definition) is 0. The number of aryl methyl sites for hydroxylation is 2. The van der Waals surface area contributed by atoms with Gasteiger partial charge in [0.1, 0.15) is 0 Å². The topological polar surface area (TPSA) is 3.24 Å². The molecule has 0 fully saturated rings. The second kappa shape index (κ2) is 8.72. The van der Waals surface area contributed by atoms with E-state index in [1.165, 1.54) is 50.1 Å². The molecule has 0 saturated heterocycles. The van der Waals surface area contributed by atoms with Crippen molar-refractivity contribution in [3.05, 3.63) is 126 Å². The van der Waals surface area contributed by atoms with Crippen LogP contribution in [0.2, 0.25) is 0 Å². The van der Waals surface area contributed by atoms with Crippen molar-refractivity contribution >= 4 is 27.8 Å². The van der Waals surface area contributed by atoms with Crippen LogP contribution in [0.5, 0.6) is 0 Å². The molecule has 0 N–H and O–H groups in total. The largest absolute Gasteiger partial charge is 0.310 e. The van der Waals surface area contributed by atoms with Crippen molar-refractivity contribution in [3.8, 4) is 11.1 Å². The molecule has 0 bridgehead atoms. The molecule has 5 aromatic rings. The third kappa shape index (κ3) is 3.78. The van der Waals surface area contributed by atoms with Gasteiger partial charge < -0.3 is 4.90 Å². The molecule has 0 aromatic heterocycles. The van der Waals surface area contributed by atoms with Gasteiger partial charge in [-0.3, -0.25) is 0 Å². The Labute approximate surface area is 190 Å². The highest BCUT2D eigenvalue weighted by Gasteiger charge is 2.17. The summed E-state index contributed by atoms with van der Waals surface area (Å²) in [6.45, 7) is 4.44. The van der Waals surface area contributed by atoms with Gasteiger partial charge in [0.2, 0.25) is 0 Å². The lowest BCUT2D eigenvalue weighted by Crippen LogP contribution is -2.13. The summed E-state index contributed by atoms with van der Waals surface area (Å²) < 4.78 is 0. The van der Waals surface area contributed by atoms with Crippen molar-refractivity contribution in [3.63, 3.8) is 0 Å². The molecule has 0 spiro atoms. The van der Waals surface area contributed by atoms with Crippen LogP contribution in [-0.4, -0.2) is 0 Å². The molecule has 0 aliphatic heterocycles. The second-order valence-corrected chi connectivity index (χ2v) is 8.22. The minimum absolute atomic E-state index is 0.994. The molecular weight excluding hydrogens is 386 g/mol. The van der Waals surface area contributed by atoms with Crippen LogP contribution in [0.4, 0.5) is 17.1 Å². The molecule has 156 valence electrons. The fourth-order valence-corrected chi connectivity index (χ4v) is 4.49. The molecular formula is C31H27N. The van der Waals surface area contributed by atoms with Crippen LogP contribution in [-0.2, 0) is 6.42 Å². The van der Waals surface area contributed by atoms with E-state index in [1.807, 2.05) is 0 Å². The van der Waals surface area contributed by atoms with Crippen molar-refractivity contribution in [2.45, 2.75) is 20.3 Å². The number of nitrogens with zero attached hydrogens (tertiary/aromatic N) is 1. The van der Waals surface area contributed by atoms with Crippen molar-refractivity contribution in [2.24, 2.45) is 0 Å². The summed E-state index contributed by atoms with van der Waals surface area (Å²) in [5.41, 5.74) is 8.77. The maximum atomic E-state index is 2.40. The summed E-state index contributed by atoms with van der Waals surface area (Å²) in [6, 6.07) is 41.4. The average molecular weight is 414 g/mol. The number of anilines is 3. The second-order valence-electron chi connectivity index (χ2n) is 8.22. The van der Waals surface area contributed by atoms with Gasteiger partial charge in [0, 0.05) is 11.4 Å². The molecule has 0 aliphatic rings. The highest BCUT2D eigenvalue weighted by molar-refractivity contribution is 5.92. The summed E-state index contributed by atoms with van der Waals surface area (Å²) in [5.74, 6) is 0. The normalized spacial score (nSPS) is 10.9. The first-order valence-electron chi connectivity index (χ1n) is 11.3. The van der Waals surface area contributed by atoms with E-state index in [-0.39, 0.29) is 0 Å². The van der Waals surface area contributed by atoms with E-state index in [0.717, 1.165) is 6.42 Å². The van der Waals surface area contributed by atoms with Gasteiger partial charge in [-0.1, -0.05) is 91.9 Å².